The summed E-state index contributed by atoms with van der Waals surface area (Å²) in [5.41, 5.74) is 1.25. The van der Waals surface area contributed by atoms with Gasteiger partial charge in [0.25, 0.3) is 0 Å². The van der Waals surface area contributed by atoms with Crippen LogP contribution >= 0.6 is 0 Å². The van der Waals surface area contributed by atoms with Crippen molar-refractivity contribution in [3.63, 3.8) is 0 Å². The van der Waals surface area contributed by atoms with Crippen molar-refractivity contribution in [2.45, 2.75) is 26.8 Å². The molecule has 0 saturated heterocycles. The van der Waals surface area contributed by atoms with Crippen molar-refractivity contribution >= 4 is 10.8 Å². The van der Waals surface area contributed by atoms with E-state index in [0.717, 1.165) is 38.5 Å². The molecular weight excluding hydrogens is 274 g/mol. The number of benzene rings is 2. The predicted molar refractivity (Wildman–Crippen MR) is 92.5 cm³/mol. The van der Waals surface area contributed by atoms with Gasteiger partial charge in [0.15, 0.2) is 0 Å². The van der Waals surface area contributed by atoms with Crippen LogP contribution in [0.4, 0.5) is 0 Å². The van der Waals surface area contributed by atoms with E-state index >= 15 is 0 Å². The van der Waals surface area contributed by atoms with Gasteiger partial charge in [0.05, 0.1) is 6.61 Å². The SMILES string of the molecule is COCCCNCc1c(OCC(C)C)ccc2ccccc12. The summed E-state index contributed by atoms with van der Waals surface area (Å²) in [5, 5.41) is 6.02. The molecule has 0 unspecified atom stereocenters. The molecule has 0 atom stereocenters. The van der Waals surface area contributed by atoms with E-state index in [4.69, 9.17) is 9.47 Å². The minimum atomic E-state index is 0.522. The van der Waals surface area contributed by atoms with Gasteiger partial charge in [-0.2, -0.15) is 0 Å². The molecule has 120 valence electrons. The molecule has 3 nitrogen and oxygen atoms in total. The highest BCUT2D eigenvalue weighted by molar-refractivity contribution is 5.87. The number of methoxy groups -OCH3 is 1. The van der Waals surface area contributed by atoms with Gasteiger partial charge in [-0.3, -0.25) is 0 Å². The molecule has 0 amide bonds. The van der Waals surface area contributed by atoms with E-state index < -0.39 is 0 Å². The summed E-state index contributed by atoms with van der Waals surface area (Å²) in [4.78, 5) is 0. The summed E-state index contributed by atoms with van der Waals surface area (Å²) in [5.74, 6) is 1.51. The Kier molecular flexibility index (Phi) is 6.69. The summed E-state index contributed by atoms with van der Waals surface area (Å²) < 4.78 is 11.1. The van der Waals surface area contributed by atoms with Gasteiger partial charge in [0.1, 0.15) is 5.75 Å². The topological polar surface area (TPSA) is 30.5 Å². The lowest BCUT2D eigenvalue weighted by Crippen LogP contribution is -2.17. The molecule has 2 aromatic carbocycles. The molecule has 0 aliphatic rings. The van der Waals surface area contributed by atoms with Crippen LogP contribution in [0.15, 0.2) is 36.4 Å². The molecule has 0 saturated carbocycles. The van der Waals surface area contributed by atoms with Crippen LogP contribution in [0.25, 0.3) is 10.8 Å². The summed E-state index contributed by atoms with van der Waals surface area (Å²) in [6.07, 6.45) is 1.02. The molecule has 0 spiro atoms. The van der Waals surface area contributed by atoms with Gasteiger partial charge in [-0.1, -0.05) is 44.2 Å². The second-order valence-corrected chi connectivity index (χ2v) is 5.99. The summed E-state index contributed by atoms with van der Waals surface area (Å²) in [7, 11) is 1.74. The Balaban J connectivity index is 2.15. The van der Waals surface area contributed by atoms with Gasteiger partial charge in [-0.05, 0) is 35.7 Å². The van der Waals surface area contributed by atoms with Crippen LogP contribution < -0.4 is 10.1 Å². The molecule has 0 heterocycles. The molecule has 2 aromatic rings. The lowest BCUT2D eigenvalue weighted by atomic mass is 10.0. The lowest BCUT2D eigenvalue weighted by Gasteiger charge is -2.16. The van der Waals surface area contributed by atoms with Crippen LogP contribution in [0.3, 0.4) is 0 Å². The highest BCUT2D eigenvalue weighted by atomic mass is 16.5. The zero-order valence-electron chi connectivity index (χ0n) is 13.9. The molecule has 2 rings (SSSR count). The number of nitrogens with one attached hydrogen (secondary N) is 1. The number of hydrogen-bond acceptors (Lipinski definition) is 3. The highest BCUT2D eigenvalue weighted by Gasteiger charge is 2.09. The van der Waals surface area contributed by atoms with E-state index in [-0.39, 0.29) is 0 Å². The van der Waals surface area contributed by atoms with E-state index in [9.17, 15) is 0 Å². The third kappa shape index (κ3) is 4.72. The largest absolute Gasteiger partial charge is 0.493 e. The monoisotopic (exact) mass is 301 g/mol. The number of hydrogen-bond donors (Lipinski definition) is 1. The molecule has 1 N–H and O–H groups in total. The van der Waals surface area contributed by atoms with E-state index in [1.54, 1.807) is 7.11 Å². The Hall–Kier alpha value is -1.58. The van der Waals surface area contributed by atoms with Crippen molar-refractivity contribution in [2.75, 3.05) is 26.9 Å². The van der Waals surface area contributed by atoms with E-state index in [0.29, 0.717) is 5.92 Å². The van der Waals surface area contributed by atoms with Crippen molar-refractivity contribution in [3.8, 4) is 5.75 Å². The van der Waals surface area contributed by atoms with Crippen LogP contribution in [0.2, 0.25) is 0 Å². The van der Waals surface area contributed by atoms with Crippen molar-refractivity contribution in [3.05, 3.63) is 42.0 Å². The van der Waals surface area contributed by atoms with Gasteiger partial charge in [-0.15, -0.1) is 0 Å². The standard InChI is InChI=1S/C19H27NO2/c1-15(2)14-22-19-10-9-16-7-4-5-8-17(16)18(19)13-20-11-6-12-21-3/h4-5,7-10,15,20H,6,11-14H2,1-3H3. The highest BCUT2D eigenvalue weighted by Crippen LogP contribution is 2.28. The quantitative estimate of drug-likeness (QED) is 0.710. The fourth-order valence-corrected chi connectivity index (χ4v) is 2.44. The van der Waals surface area contributed by atoms with Crippen molar-refractivity contribution in [2.24, 2.45) is 5.92 Å². The number of ether oxygens (including phenoxy) is 2. The second-order valence-electron chi connectivity index (χ2n) is 5.99. The van der Waals surface area contributed by atoms with Crippen molar-refractivity contribution < 1.29 is 9.47 Å². The van der Waals surface area contributed by atoms with E-state index in [1.807, 2.05) is 0 Å². The summed E-state index contributed by atoms with van der Waals surface area (Å²) in [6, 6.07) is 12.7. The molecule has 0 fully saturated rings. The fraction of sp³-hybridized carbons (Fsp3) is 0.474. The van der Waals surface area contributed by atoms with Gasteiger partial charge >= 0.3 is 0 Å². The van der Waals surface area contributed by atoms with Gasteiger partial charge in [0.2, 0.25) is 0 Å². The number of rotatable bonds is 9. The summed E-state index contributed by atoms with van der Waals surface area (Å²) in [6.45, 7) is 7.64. The fourth-order valence-electron chi connectivity index (χ4n) is 2.44. The predicted octanol–water partition coefficient (Wildman–Crippen LogP) is 4.00. The molecule has 0 aliphatic heterocycles. The first-order chi connectivity index (χ1) is 10.7. The average molecular weight is 301 g/mol. The average Bonchev–Trinajstić information content (AvgIpc) is 2.53. The molecule has 0 bridgehead atoms. The van der Waals surface area contributed by atoms with E-state index in [1.165, 1.54) is 16.3 Å². The third-order valence-corrected chi connectivity index (χ3v) is 3.57. The van der Waals surface area contributed by atoms with Crippen molar-refractivity contribution in [1.82, 2.24) is 5.32 Å². The van der Waals surface area contributed by atoms with Gasteiger partial charge < -0.3 is 14.8 Å². The Bertz CT molecular complexity index is 581. The minimum Gasteiger partial charge on any atom is -0.493 e. The van der Waals surface area contributed by atoms with Crippen molar-refractivity contribution in [1.29, 1.82) is 0 Å². The molecular formula is C19H27NO2. The minimum absolute atomic E-state index is 0.522. The first-order valence-corrected chi connectivity index (χ1v) is 8.05. The van der Waals surface area contributed by atoms with Crippen LogP contribution in [0, 0.1) is 5.92 Å². The molecule has 3 heteroatoms. The first-order valence-electron chi connectivity index (χ1n) is 8.05. The molecule has 0 aromatic heterocycles. The maximum absolute atomic E-state index is 6.02. The normalized spacial score (nSPS) is 11.3. The molecule has 0 radical (unpaired) electrons. The number of fused-ring (bicyclic) bond motifs is 1. The van der Waals surface area contributed by atoms with Crippen LogP contribution in [-0.2, 0) is 11.3 Å². The van der Waals surface area contributed by atoms with Crippen LogP contribution in [-0.4, -0.2) is 26.9 Å². The Morgan fingerprint density at radius 1 is 1.09 bits per heavy atom. The lowest BCUT2D eigenvalue weighted by molar-refractivity contribution is 0.194. The smallest absolute Gasteiger partial charge is 0.124 e. The Labute approximate surface area is 133 Å². The zero-order chi connectivity index (χ0) is 15.8. The maximum atomic E-state index is 6.02. The van der Waals surface area contributed by atoms with Crippen LogP contribution in [0.5, 0.6) is 5.75 Å². The van der Waals surface area contributed by atoms with E-state index in [2.05, 4.69) is 55.6 Å². The maximum Gasteiger partial charge on any atom is 0.124 e. The van der Waals surface area contributed by atoms with Crippen LogP contribution in [0.1, 0.15) is 25.8 Å². The second kappa shape index (κ2) is 8.76. The summed E-state index contributed by atoms with van der Waals surface area (Å²) >= 11 is 0. The first kappa shape index (κ1) is 16.8. The Morgan fingerprint density at radius 2 is 1.91 bits per heavy atom. The van der Waals surface area contributed by atoms with Gasteiger partial charge in [-0.25, -0.2) is 0 Å². The Morgan fingerprint density at radius 3 is 2.68 bits per heavy atom. The van der Waals surface area contributed by atoms with Gasteiger partial charge in [0, 0.05) is 25.8 Å². The zero-order valence-corrected chi connectivity index (χ0v) is 13.9. The third-order valence-electron chi connectivity index (χ3n) is 3.57. The molecule has 22 heavy (non-hydrogen) atoms. The molecule has 0 aliphatic carbocycles.